The summed E-state index contributed by atoms with van der Waals surface area (Å²) in [6.45, 7) is 4.81. The molecule has 8 nitrogen and oxygen atoms in total. The number of carbonyl (C=O) groups excluding carboxylic acids is 2. The quantitative estimate of drug-likeness (QED) is 0.432. The number of pyridine rings is 1. The van der Waals surface area contributed by atoms with Gasteiger partial charge in [-0.15, -0.1) is 0 Å². The number of carbonyl (C=O) groups is 2. The zero-order valence-electron chi connectivity index (χ0n) is 21.2. The zero-order valence-corrected chi connectivity index (χ0v) is 21.2. The highest BCUT2D eigenvalue weighted by atomic mass is 16.5. The number of hydrogen-bond acceptors (Lipinski definition) is 5. The Bertz CT molecular complexity index is 1430. The highest BCUT2D eigenvalue weighted by molar-refractivity contribution is 6.02. The molecule has 0 saturated heterocycles. The third kappa shape index (κ3) is 4.31. The second kappa shape index (κ2) is 8.88. The van der Waals surface area contributed by atoms with Gasteiger partial charge in [-0.1, -0.05) is 6.58 Å². The largest absolute Gasteiger partial charge is 0.490 e. The molecule has 190 valence electrons. The first-order valence-electron chi connectivity index (χ1n) is 12.8. The molecule has 1 spiro atoms. The summed E-state index contributed by atoms with van der Waals surface area (Å²) in [6.07, 6.45) is 7.81. The predicted molar refractivity (Wildman–Crippen MR) is 143 cm³/mol. The standard InChI is InChI=1S/C29H31N5O3/c1-4-25(35)31-22-13-17(6-8-24(22)37-12-11-34(2)3)21-14-20-18(16-30-21)5-7-19-26-23(32-27(19)20)15-29(9-10-29)33-28(26)36/h4,6,8,13-14,16,32H,1,5,7,9-12,15H2,2-3H3,(H,31,35)(H,33,36). The fourth-order valence-corrected chi connectivity index (χ4v) is 5.39. The van der Waals surface area contributed by atoms with Crippen LogP contribution in [-0.4, -0.2) is 59.5 Å². The van der Waals surface area contributed by atoms with Crippen LogP contribution in [0.1, 0.15) is 40.0 Å². The van der Waals surface area contributed by atoms with E-state index in [1.165, 1.54) is 11.6 Å². The lowest BCUT2D eigenvalue weighted by atomic mass is 9.87. The van der Waals surface area contributed by atoms with E-state index in [0.29, 0.717) is 18.0 Å². The number of rotatable bonds is 7. The van der Waals surface area contributed by atoms with Gasteiger partial charge in [0.05, 0.1) is 22.6 Å². The van der Waals surface area contributed by atoms with Gasteiger partial charge in [-0.2, -0.15) is 0 Å². The van der Waals surface area contributed by atoms with Crippen LogP contribution in [0, 0.1) is 0 Å². The summed E-state index contributed by atoms with van der Waals surface area (Å²) < 4.78 is 5.95. The zero-order chi connectivity index (χ0) is 25.7. The van der Waals surface area contributed by atoms with Crippen LogP contribution < -0.4 is 15.4 Å². The van der Waals surface area contributed by atoms with Crippen molar-refractivity contribution in [3.63, 3.8) is 0 Å². The minimum Gasteiger partial charge on any atom is -0.490 e. The molecule has 1 aliphatic heterocycles. The molecular formula is C29H31N5O3. The first-order chi connectivity index (χ1) is 17.9. The molecule has 0 bridgehead atoms. The third-order valence-corrected chi connectivity index (χ3v) is 7.57. The molecule has 2 aliphatic carbocycles. The Labute approximate surface area is 216 Å². The molecule has 37 heavy (non-hydrogen) atoms. The number of aromatic nitrogens is 2. The molecule has 1 fully saturated rings. The summed E-state index contributed by atoms with van der Waals surface area (Å²) >= 11 is 0. The fourth-order valence-electron chi connectivity index (χ4n) is 5.39. The number of hydrogen-bond donors (Lipinski definition) is 3. The highest BCUT2D eigenvalue weighted by Gasteiger charge is 2.49. The number of anilines is 1. The van der Waals surface area contributed by atoms with E-state index >= 15 is 0 Å². The summed E-state index contributed by atoms with van der Waals surface area (Å²) in [6, 6.07) is 7.79. The van der Waals surface area contributed by atoms with Crippen LogP contribution in [0.5, 0.6) is 5.75 Å². The first-order valence-corrected chi connectivity index (χ1v) is 12.8. The molecule has 2 amide bonds. The molecule has 3 N–H and O–H groups in total. The third-order valence-electron chi connectivity index (χ3n) is 7.57. The lowest BCUT2D eigenvalue weighted by molar-refractivity contribution is -0.111. The van der Waals surface area contributed by atoms with Crippen molar-refractivity contribution in [1.82, 2.24) is 20.2 Å². The van der Waals surface area contributed by atoms with Gasteiger partial charge in [-0.3, -0.25) is 14.6 Å². The fraction of sp³-hybridized carbons (Fsp3) is 0.345. The van der Waals surface area contributed by atoms with Crippen LogP contribution in [0.15, 0.2) is 43.1 Å². The van der Waals surface area contributed by atoms with Crippen molar-refractivity contribution in [3.8, 4) is 28.3 Å². The number of H-pyrrole nitrogens is 1. The van der Waals surface area contributed by atoms with Crippen molar-refractivity contribution in [2.24, 2.45) is 0 Å². The van der Waals surface area contributed by atoms with E-state index in [-0.39, 0.29) is 17.4 Å². The predicted octanol–water partition coefficient (Wildman–Crippen LogP) is 3.73. The lowest BCUT2D eigenvalue weighted by Gasteiger charge is -2.24. The van der Waals surface area contributed by atoms with Crippen molar-refractivity contribution in [1.29, 1.82) is 0 Å². The maximum atomic E-state index is 13.0. The summed E-state index contributed by atoms with van der Waals surface area (Å²) in [5, 5.41) is 6.11. The number of fused-ring (bicyclic) bond motifs is 5. The Morgan fingerprint density at radius 3 is 2.86 bits per heavy atom. The SMILES string of the molecule is C=CC(=O)Nc1cc(-c2cc3c(cn2)CCc2c-3[nH]c3c2C(=O)NC2(CC2)C3)ccc1OCCN(C)C. The summed E-state index contributed by atoms with van der Waals surface area (Å²) in [5.41, 5.74) is 8.48. The smallest absolute Gasteiger partial charge is 0.253 e. The Hall–Kier alpha value is -3.91. The molecule has 0 radical (unpaired) electrons. The van der Waals surface area contributed by atoms with E-state index in [9.17, 15) is 9.59 Å². The average Bonchev–Trinajstić information content (AvgIpc) is 3.50. The van der Waals surface area contributed by atoms with Gasteiger partial charge in [0.1, 0.15) is 12.4 Å². The molecule has 2 aromatic heterocycles. The van der Waals surface area contributed by atoms with Crippen LogP contribution >= 0.6 is 0 Å². The van der Waals surface area contributed by atoms with Crippen molar-refractivity contribution in [2.45, 2.75) is 37.6 Å². The molecule has 8 heteroatoms. The number of nitrogens with zero attached hydrogens (tertiary/aromatic N) is 2. The van der Waals surface area contributed by atoms with Gasteiger partial charge in [0.25, 0.3) is 5.91 Å². The van der Waals surface area contributed by atoms with E-state index in [4.69, 9.17) is 9.72 Å². The second-order valence-electron chi connectivity index (χ2n) is 10.5. The van der Waals surface area contributed by atoms with Gasteiger partial charge < -0.3 is 25.3 Å². The molecule has 0 atom stereocenters. The number of ether oxygens (including phenoxy) is 1. The van der Waals surface area contributed by atoms with Gasteiger partial charge in [-0.05, 0) is 81.2 Å². The number of aromatic amines is 1. The number of nitrogens with one attached hydrogen (secondary N) is 3. The maximum Gasteiger partial charge on any atom is 0.253 e. The van der Waals surface area contributed by atoms with Crippen LogP contribution in [0.3, 0.4) is 0 Å². The van der Waals surface area contributed by atoms with Crippen molar-refractivity contribution in [2.75, 3.05) is 32.6 Å². The maximum absolute atomic E-state index is 13.0. The van der Waals surface area contributed by atoms with E-state index in [1.807, 2.05) is 43.4 Å². The molecule has 0 unspecified atom stereocenters. The summed E-state index contributed by atoms with van der Waals surface area (Å²) in [5.74, 6) is 0.348. The van der Waals surface area contributed by atoms with E-state index in [1.54, 1.807) is 0 Å². The van der Waals surface area contributed by atoms with Crippen LogP contribution in [-0.2, 0) is 24.1 Å². The molecule has 6 rings (SSSR count). The van der Waals surface area contributed by atoms with Crippen molar-refractivity contribution < 1.29 is 14.3 Å². The Morgan fingerprint density at radius 2 is 2.11 bits per heavy atom. The average molecular weight is 498 g/mol. The molecule has 3 aromatic rings. The second-order valence-corrected chi connectivity index (χ2v) is 10.5. The van der Waals surface area contributed by atoms with Crippen LogP contribution in [0.25, 0.3) is 22.5 Å². The van der Waals surface area contributed by atoms with E-state index in [2.05, 4.69) is 28.3 Å². The Kier molecular flexibility index (Phi) is 5.64. The molecule has 1 saturated carbocycles. The summed E-state index contributed by atoms with van der Waals surface area (Å²) in [7, 11) is 3.97. The van der Waals surface area contributed by atoms with Gasteiger partial charge in [0, 0.05) is 41.5 Å². The molecule has 1 aromatic carbocycles. The van der Waals surface area contributed by atoms with Gasteiger partial charge in [0.15, 0.2) is 0 Å². The van der Waals surface area contributed by atoms with Crippen molar-refractivity contribution >= 4 is 17.5 Å². The summed E-state index contributed by atoms with van der Waals surface area (Å²) in [4.78, 5) is 35.5. The first kappa shape index (κ1) is 23.5. The molecule has 3 aliphatic rings. The minimum absolute atomic E-state index is 0.0353. The number of likely N-dealkylation sites (N-methyl/N-ethyl adjacent to an activating group) is 1. The van der Waals surface area contributed by atoms with Crippen molar-refractivity contribution in [3.05, 3.63) is 65.5 Å². The normalized spacial score (nSPS) is 16.5. The molecule has 3 heterocycles. The Balaban J connectivity index is 1.36. The van der Waals surface area contributed by atoms with Gasteiger partial charge in [-0.25, -0.2) is 0 Å². The minimum atomic E-state index is -0.304. The van der Waals surface area contributed by atoms with Gasteiger partial charge >= 0.3 is 0 Å². The highest BCUT2D eigenvalue weighted by Crippen LogP contribution is 2.46. The topological polar surface area (TPSA) is 99.3 Å². The van der Waals surface area contributed by atoms with Gasteiger partial charge in [0.2, 0.25) is 5.91 Å². The van der Waals surface area contributed by atoms with E-state index < -0.39 is 0 Å². The molecular weight excluding hydrogens is 466 g/mol. The number of aryl methyl sites for hydroxylation is 1. The number of benzene rings is 1. The lowest BCUT2D eigenvalue weighted by Crippen LogP contribution is -2.43. The Morgan fingerprint density at radius 1 is 1.27 bits per heavy atom. The van der Waals surface area contributed by atoms with Crippen LogP contribution in [0.2, 0.25) is 0 Å². The number of amides is 2. The van der Waals surface area contributed by atoms with E-state index in [0.717, 1.165) is 78.0 Å². The monoisotopic (exact) mass is 497 g/mol. The van der Waals surface area contributed by atoms with Crippen LogP contribution in [0.4, 0.5) is 5.69 Å².